The lowest BCUT2D eigenvalue weighted by Gasteiger charge is -2.21. The summed E-state index contributed by atoms with van der Waals surface area (Å²) in [6.07, 6.45) is -7.55. The predicted molar refractivity (Wildman–Crippen MR) is 53.1 cm³/mol. The summed E-state index contributed by atoms with van der Waals surface area (Å²) in [5, 5.41) is 8.88. The van der Waals surface area contributed by atoms with E-state index in [1.54, 1.807) is 0 Å². The van der Waals surface area contributed by atoms with Gasteiger partial charge in [-0.15, -0.1) is 0 Å². The van der Waals surface area contributed by atoms with Gasteiger partial charge in [0.25, 0.3) is 0 Å². The first kappa shape index (κ1) is 13.4. The van der Waals surface area contributed by atoms with E-state index in [1.807, 2.05) is 0 Å². The van der Waals surface area contributed by atoms with Crippen LogP contribution in [0.1, 0.15) is 11.6 Å². The van der Waals surface area contributed by atoms with E-state index in [-0.39, 0.29) is 10.0 Å². The quantitative estimate of drug-likeness (QED) is 0.825. The Morgan fingerprint density at radius 3 is 2.31 bits per heavy atom. The van der Waals surface area contributed by atoms with Crippen molar-refractivity contribution in [3.05, 3.63) is 34.1 Å². The Morgan fingerprint density at radius 1 is 1.31 bits per heavy atom. The van der Waals surface area contributed by atoms with Crippen LogP contribution in [-0.2, 0) is 0 Å². The van der Waals surface area contributed by atoms with E-state index in [0.29, 0.717) is 0 Å². The van der Waals surface area contributed by atoms with Gasteiger partial charge < -0.3 is 10.8 Å². The van der Waals surface area contributed by atoms with Crippen molar-refractivity contribution in [2.24, 2.45) is 5.73 Å². The minimum absolute atomic E-state index is 0.116. The lowest BCUT2D eigenvalue weighted by molar-refractivity contribution is -0.210. The molecule has 7 heteroatoms. The number of alkyl halides is 3. The van der Waals surface area contributed by atoms with Crippen molar-refractivity contribution >= 4 is 15.9 Å². The molecule has 0 fully saturated rings. The summed E-state index contributed by atoms with van der Waals surface area (Å²) >= 11 is 2.85. The third-order valence-corrected chi connectivity index (χ3v) is 2.65. The highest BCUT2D eigenvalue weighted by molar-refractivity contribution is 9.10. The fourth-order valence-corrected chi connectivity index (χ4v) is 1.35. The molecule has 0 heterocycles. The second-order valence-corrected chi connectivity index (χ2v) is 4.04. The lowest BCUT2D eigenvalue weighted by Crippen LogP contribution is -2.38. The van der Waals surface area contributed by atoms with Crippen molar-refractivity contribution in [2.45, 2.75) is 18.3 Å². The molecule has 0 bridgehead atoms. The number of hydrogen-bond acceptors (Lipinski definition) is 2. The first-order valence-corrected chi connectivity index (χ1v) is 4.98. The van der Waals surface area contributed by atoms with Crippen LogP contribution in [0.5, 0.6) is 0 Å². The van der Waals surface area contributed by atoms with Crippen molar-refractivity contribution in [1.82, 2.24) is 0 Å². The third kappa shape index (κ3) is 2.93. The van der Waals surface area contributed by atoms with E-state index in [2.05, 4.69) is 15.9 Å². The van der Waals surface area contributed by atoms with E-state index in [9.17, 15) is 17.6 Å². The monoisotopic (exact) mass is 301 g/mol. The molecule has 1 aromatic rings. The van der Waals surface area contributed by atoms with Gasteiger partial charge in [0.2, 0.25) is 0 Å². The second-order valence-electron chi connectivity index (χ2n) is 3.19. The molecule has 0 amide bonds. The molecule has 0 radical (unpaired) electrons. The van der Waals surface area contributed by atoms with Gasteiger partial charge in [0.1, 0.15) is 5.82 Å². The van der Waals surface area contributed by atoms with E-state index in [1.165, 1.54) is 12.1 Å². The summed E-state index contributed by atoms with van der Waals surface area (Å²) in [6.45, 7) is 0. The van der Waals surface area contributed by atoms with Crippen LogP contribution >= 0.6 is 15.9 Å². The maximum Gasteiger partial charge on any atom is 0.416 e. The largest absolute Gasteiger partial charge is 0.416 e. The standard InChI is InChI=1S/C9H8BrF4NO/c10-5-2-1-4(3-6(5)11)7(15)8(16)9(12,13)14/h1-3,7-8,16H,15H2/t7-,8-/m0/s1. The zero-order valence-corrected chi connectivity index (χ0v) is 9.39. The van der Waals surface area contributed by atoms with Gasteiger partial charge in [-0.25, -0.2) is 4.39 Å². The van der Waals surface area contributed by atoms with Crippen molar-refractivity contribution in [1.29, 1.82) is 0 Å². The molecule has 16 heavy (non-hydrogen) atoms. The highest BCUT2D eigenvalue weighted by Gasteiger charge is 2.42. The molecule has 0 unspecified atom stereocenters. The topological polar surface area (TPSA) is 46.2 Å². The Morgan fingerprint density at radius 2 is 1.88 bits per heavy atom. The lowest BCUT2D eigenvalue weighted by atomic mass is 10.0. The summed E-state index contributed by atoms with van der Waals surface area (Å²) in [5.41, 5.74) is 5.07. The summed E-state index contributed by atoms with van der Waals surface area (Å²) in [6, 6.07) is 1.59. The summed E-state index contributed by atoms with van der Waals surface area (Å²) in [7, 11) is 0. The van der Waals surface area contributed by atoms with Crippen LogP contribution < -0.4 is 5.73 Å². The maximum atomic E-state index is 13.0. The maximum absolute atomic E-state index is 13.0. The summed E-state index contributed by atoms with van der Waals surface area (Å²) in [5.74, 6) is -0.734. The average Bonchev–Trinajstić information content (AvgIpc) is 2.18. The van der Waals surface area contributed by atoms with E-state index in [0.717, 1.165) is 6.07 Å². The first-order valence-electron chi connectivity index (χ1n) is 4.19. The van der Waals surface area contributed by atoms with Crippen LogP contribution in [0.25, 0.3) is 0 Å². The van der Waals surface area contributed by atoms with Gasteiger partial charge in [0.15, 0.2) is 6.10 Å². The predicted octanol–water partition coefficient (Wildman–Crippen LogP) is 2.51. The van der Waals surface area contributed by atoms with Gasteiger partial charge in [-0.3, -0.25) is 0 Å². The average molecular weight is 302 g/mol. The van der Waals surface area contributed by atoms with E-state index >= 15 is 0 Å². The smallest absolute Gasteiger partial charge is 0.382 e. The number of nitrogens with two attached hydrogens (primary N) is 1. The molecule has 0 saturated heterocycles. The molecule has 3 N–H and O–H groups in total. The molecule has 0 aliphatic rings. The fraction of sp³-hybridized carbons (Fsp3) is 0.333. The molecule has 0 aromatic heterocycles. The third-order valence-electron chi connectivity index (χ3n) is 2.00. The molecule has 0 saturated carbocycles. The number of aliphatic hydroxyl groups excluding tert-OH is 1. The van der Waals surface area contributed by atoms with Gasteiger partial charge in [-0.2, -0.15) is 13.2 Å². The van der Waals surface area contributed by atoms with Crippen molar-refractivity contribution < 1.29 is 22.7 Å². The zero-order chi connectivity index (χ0) is 12.5. The summed E-state index contributed by atoms with van der Waals surface area (Å²) < 4.78 is 49.5. The minimum atomic E-state index is -4.83. The number of rotatable bonds is 2. The van der Waals surface area contributed by atoms with E-state index < -0.39 is 24.1 Å². The molecule has 2 nitrogen and oxygen atoms in total. The second kappa shape index (κ2) is 4.68. The van der Waals surface area contributed by atoms with Crippen molar-refractivity contribution in [2.75, 3.05) is 0 Å². The fourth-order valence-electron chi connectivity index (χ4n) is 1.11. The SMILES string of the molecule is N[C@@H](c1ccc(Br)c(F)c1)[C@H](O)C(F)(F)F. The van der Waals surface area contributed by atoms with Crippen molar-refractivity contribution in [3.8, 4) is 0 Å². The highest BCUT2D eigenvalue weighted by Crippen LogP contribution is 2.29. The van der Waals surface area contributed by atoms with Gasteiger partial charge in [-0.05, 0) is 33.6 Å². The van der Waals surface area contributed by atoms with Gasteiger partial charge in [0, 0.05) is 0 Å². The number of hydrogen-bond donors (Lipinski definition) is 2. The summed E-state index contributed by atoms with van der Waals surface area (Å²) in [4.78, 5) is 0. The Bertz CT molecular complexity index is 382. The van der Waals surface area contributed by atoms with Crippen LogP contribution in [-0.4, -0.2) is 17.4 Å². The van der Waals surface area contributed by atoms with Gasteiger partial charge in [0.05, 0.1) is 10.5 Å². The molecule has 2 atom stereocenters. The van der Waals surface area contributed by atoms with Crippen molar-refractivity contribution in [3.63, 3.8) is 0 Å². The van der Waals surface area contributed by atoms with Gasteiger partial charge in [-0.1, -0.05) is 6.07 Å². The minimum Gasteiger partial charge on any atom is -0.382 e. The van der Waals surface area contributed by atoms with Crippen LogP contribution in [0.15, 0.2) is 22.7 Å². The Kier molecular flexibility index (Phi) is 3.92. The molecule has 1 rings (SSSR count). The Labute approximate surface area is 97.2 Å². The first-order chi connectivity index (χ1) is 7.23. The van der Waals surface area contributed by atoms with Crippen LogP contribution in [0, 0.1) is 5.82 Å². The van der Waals surface area contributed by atoms with Crippen LogP contribution in [0.2, 0.25) is 0 Å². The molecule has 0 aliphatic carbocycles. The molecular formula is C9H8BrF4NO. The van der Waals surface area contributed by atoms with Crippen LogP contribution in [0.3, 0.4) is 0 Å². The van der Waals surface area contributed by atoms with E-state index in [4.69, 9.17) is 10.8 Å². The molecular weight excluding hydrogens is 294 g/mol. The molecule has 90 valence electrons. The number of benzene rings is 1. The van der Waals surface area contributed by atoms with Gasteiger partial charge >= 0.3 is 6.18 Å². The highest BCUT2D eigenvalue weighted by atomic mass is 79.9. The number of aliphatic hydroxyl groups is 1. The molecule has 1 aromatic carbocycles. The molecule has 0 aliphatic heterocycles. The number of halogens is 5. The zero-order valence-electron chi connectivity index (χ0n) is 7.80. The Balaban J connectivity index is 2.97. The Hall–Kier alpha value is -0.660. The normalized spacial score (nSPS) is 15.9. The van der Waals surface area contributed by atoms with Crippen LogP contribution in [0.4, 0.5) is 17.6 Å². The molecule has 0 spiro atoms.